The van der Waals surface area contributed by atoms with E-state index in [9.17, 15) is 0 Å². The number of benzene rings is 4. The van der Waals surface area contributed by atoms with Gasteiger partial charge in [0.25, 0.3) is 0 Å². The van der Waals surface area contributed by atoms with Gasteiger partial charge in [-0.2, -0.15) is 0 Å². The number of hydrogen-bond acceptors (Lipinski definition) is 1. The molecule has 48 heavy (non-hydrogen) atoms. The summed E-state index contributed by atoms with van der Waals surface area (Å²) < 4.78 is 6.52. The third-order valence-electron chi connectivity index (χ3n) is 9.51. The fourth-order valence-corrected chi connectivity index (χ4v) is 7.04. The van der Waals surface area contributed by atoms with Crippen LogP contribution in [0.1, 0.15) is 56.9 Å². The van der Waals surface area contributed by atoms with E-state index in [2.05, 4.69) is 145 Å². The van der Waals surface area contributed by atoms with Gasteiger partial charge in [0.15, 0.2) is 0 Å². The van der Waals surface area contributed by atoms with Crippen molar-refractivity contribution in [2.75, 3.05) is 0 Å². The minimum Gasteiger partial charge on any atom is -0.456 e. The van der Waals surface area contributed by atoms with Gasteiger partial charge in [-0.15, -0.1) is 0 Å². The zero-order valence-corrected chi connectivity index (χ0v) is 28.6. The van der Waals surface area contributed by atoms with Gasteiger partial charge in [-0.3, -0.25) is 0 Å². The molecular formula is C46H41BO. The highest BCUT2D eigenvalue weighted by molar-refractivity contribution is 6.23. The molecule has 0 N–H and O–H groups in total. The molecule has 0 saturated carbocycles. The summed E-state index contributed by atoms with van der Waals surface area (Å²) in [5, 5.41) is 0.391. The molecule has 0 bridgehead atoms. The molecule has 0 amide bonds. The van der Waals surface area contributed by atoms with Crippen molar-refractivity contribution in [1.29, 1.82) is 0 Å². The Morgan fingerprint density at radius 2 is 1.25 bits per heavy atom. The first-order valence-corrected chi connectivity index (χ1v) is 16.5. The van der Waals surface area contributed by atoms with Crippen LogP contribution in [0.4, 0.5) is 0 Å². The van der Waals surface area contributed by atoms with Crippen LogP contribution in [0.15, 0.2) is 173 Å². The molecule has 6 rings (SSSR count). The molecule has 0 fully saturated rings. The Morgan fingerprint density at radius 1 is 0.667 bits per heavy atom. The molecular weight excluding hydrogens is 579 g/mol. The summed E-state index contributed by atoms with van der Waals surface area (Å²) in [5.41, 5.74) is 15.5. The van der Waals surface area contributed by atoms with Gasteiger partial charge in [0, 0.05) is 16.5 Å². The van der Waals surface area contributed by atoms with E-state index in [0.29, 0.717) is 0 Å². The maximum absolute atomic E-state index is 7.09. The molecule has 1 aliphatic rings. The van der Waals surface area contributed by atoms with Crippen LogP contribution in [-0.4, -0.2) is 7.85 Å². The molecule has 0 aliphatic heterocycles. The van der Waals surface area contributed by atoms with E-state index >= 15 is 0 Å². The Labute approximate surface area is 287 Å². The molecule has 4 aromatic carbocycles. The van der Waals surface area contributed by atoms with Crippen molar-refractivity contribution in [3.8, 4) is 22.5 Å². The third kappa shape index (κ3) is 5.84. The molecule has 1 unspecified atom stereocenters. The standard InChI is InChI=1S/C46H41BO/c1-8-30(3)41(36-28-26-35(27-29-36)34-20-11-10-12-21-34)32(5)18-13-14-19-33(6)42(31(4)9-2)38-23-17-25-40-43(38)44-45(48-40)37-22-15-16-24-39(37)46(44,7)47/h8-29H,1-2H2,3-7H3/b14-13-,32-18+,33-19+,41-30-,42-31-. The van der Waals surface area contributed by atoms with E-state index in [0.717, 1.165) is 61.3 Å². The summed E-state index contributed by atoms with van der Waals surface area (Å²) in [7, 11) is 7.09. The van der Waals surface area contributed by atoms with Crippen LogP contribution in [0, 0.1) is 0 Å². The van der Waals surface area contributed by atoms with Crippen molar-refractivity contribution in [2.24, 2.45) is 0 Å². The summed E-state index contributed by atoms with van der Waals surface area (Å²) in [4.78, 5) is 0. The first-order chi connectivity index (χ1) is 23.2. The molecule has 1 aliphatic carbocycles. The van der Waals surface area contributed by atoms with Crippen LogP contribution in [0.25, 0.3) is 44.6 Å². The second-order valence-corrected chi connectivity index (χ2v) is 12.8. The van der Waals surface area contributed by atoms with Crippen LogP contribution < -0.4 is 0 Å². The maximum atomic E-state index is 7.09. The van der Waals surface area contributed by atoms with Gasteiger partial charge in [-0.25, -0.2) is 0 Å². The molecule has 0 spiro atoms. The zero-order valence-electron chi connectivity index (χ0n) is 28.6. The number of hydrogen-bond donors (Lipinski definition) is 0. The van der Waals surface area contributed by atoms with Gasteiger partial charge in [0.1, 0.15) is 11.3 Å². The van der Waals surface area contributed by atoms with E-state index < -0.39 is 5.31 Å². The fraction of sp³-hybridized carbons (Fsp3) is 0.130. The van der Waals surface area contributed by atoms with Gasteiger partial charge in [-0.05, 0) is 100 Å². The molecule has 1 atom stereocenters. The predicted molar refractivity (Wildman–Crippen MR) is 208 cm³/mol. The average Bonchev–Trinajstić information content (AvgIpc) is 3.61. The van der Waals surface area contributed by atoms with E-state index in [1.807, 2.05) is 36.4 Å². The van der Waals surface area contributed by atoms with E-state index in [4.69, 9.17) is 12.3 Å². The number of allylic oxidation sites excluding steroid dienone is 12. The van der Waals surface area contributed by atoms with Crippen molar-refractivity contribution in [2.45, 2.75) is 39.9 Å². The van der Waals surface area contributed by atoms with Gasteiger partial charge >= 0.3 is 0 Å². The molecule has 1 heterocycles. The molecule has 1 nitrogen and oxygen atoms in total. The van der Waals surface area contributed by atoms with Gasteiger partial charge in [-0.1, -0.05) is 148 Å². The predicted octanol–water partition coefficient (Wildman–Crippen LogP) is 12.6. The first kappa shape index (κ1) is 32.6. The second kappa shape index (κ2) is 13.4. The highest BCUT2D eigenvalue weighted by Crippen LogP contribution is 2.53. The molecule has 0 saturated heterocycles. The highest BCUT2D eigenvalue weighted by Gasteiger charge is 2.40. The lowest BCUT2D eigenvalue weighted by molar-refractivity contribution is 0.629. The monoisotopic (exact) mass is 620 g/mol. The smallest absolute Gasteiger partial charge is 0.139 e. The van der Waals surface area contributed by atoms with E-state index in [1.54, 1.807) is 0 Å². The van der Waals surface area contributed by atoms with Crippen LogP contribution >= 0.6 is 0 Å². The number of furan rings is 1. The summed E-state index contributed by atoms with van der Waals surface area (Å²) in [5.74, 6) is 0.865. The Hall–Kier alpha value is -5.34. The van der Waals surface area contributed by atoms with Gasteiger partial charge < -0.3 is 4.42 Å². The third-order valence-corrected chi connectivity index (χ3v) is 9.51. The van der Waals surface area contributed by atoms with Crippen LogP contribution in [0.5, 0.6) is 0 Å². The van der Waals surface area contributed by atoms with Crippen molar-refractivity contribution < 1.29 is 4.42 Å². The van der Waals surface area contributed by atoms with Crippen LogP contribution in [-0.2, 0) is 5.31 Å². The van der Waals surface area contributed by atoms with E-state index in [1.165, 1.54) is 27.8 Å². The summed E-state index contributed by atoms with van der Waals surface area (Å²) in [6.45, 7) is 18.8. The summed E-state index contributed by atoms with van der Waals surface area (Å²) >= 11 is 0. The minimum atomic E-state index is -0.670. The van der Waals surface area contributed by atoms with Gasteiger partial charge in [0.05, 0.1) is 7.85 Å². The largest absolute Gasteiger partial charge is 0.456 e. The molecule has 2 heteroatoms. The maximum Gasteiger partial charge on any atom is 0.139 e. The van der Waals surface area contributed by atoms with Crippen molar-refractivity contribution >= 4 is 30.0 Å². The lowest BCUT2D eigenvalue weighted by Gasteiger charge is -2.23. The normalized spacial score (nSPS) is 17.2. The Bertz CT molecular complexity index is 2190. The molecule has 1 aromatic heterocycles. The lowest BCUT2D eigenvalue weighted by atomic mass is 9.63. The SMILES string of the molecule is [B]C1(C)c2ccccc2-c2oc3cccc(C(=C(/C)C=C)/C(C)=C/C=C\C=C(C)\C(=C(/C)C=C)c4ccc(-c5ccccc5)cc4)c3c21. The average molecular weight is 621 g/mol. The topological polar surface area (TPSA) is 13.1 Å². The molecule has 234 valence electrons. The Balaban J connectivity index is 1.34. The van der Waals surface area contributed by atoms with Crippen LogP contribution in [0.2, 0.25) is 0 Å². The van der Waals surface area contributed by atoms with Crippen molar-refractivity contribution in [3.63, 3.8) is 0 Å². The quantitative estimate of drug-likeness (QED) is 0.118. The Kier molecular flexibility index (Phi) is 9.11. The number of fused-ring (bicyclic) bond motifs is 5. The fourth-order valence-electron chi connectivity index (χ4n) is 7.04. The van der Waals surface area contributed by atoms with Crippen molar-refractivity contribution in [3.05, 3.63) is 191 Å². The summed E-state index contributed by atoms with van der Waals surface area (Å²) in [6.07, 6.45) is 12.4. The number of rotatable bonds is 9. The van der Waals surface area contributed by atoms with Crippen molar-refractivity contribution in [1.82, 2.24) is 0 Å². The van der Waals surface area contributed by atoms with E-state index in [-0.39, 0.29) is 0 Å². The second-order valence-electron chi connectivity index (χ2n) is 12.8. The molecule has 5 aromatic rings. The van der Waals surface area contributed by atoms with Crippen LogP contribution in [0.3, 0.4) is 0 Å². The lowest BCUT2D eigenvalue weighted by Crippen LogP contribution is -2.20. The first-order valence-electron chi connectivity index (χ1n) is 16.5. The Morgan fingerprint density at radius 3 is 1.92 bits per heavy atom. The summed E-state index contributed by atoms with van der Waals surface area (Å²) in [6, 6.07) is 33.8. The van der Waals surface area contributed by atoms with Gasteiger partial charge in [0.2, 0.25) is 0 Å². The molecule has 2 radical (unpaired) electrons. The zero-order chi connectivity index (χ0) is 34.0. The minimum absolute atomic E-state index is 0.670. The highest BCUT2D eigenvalue weighted by atomic mass is 16.3.